The third kappa shape index (κ3) is 6.76. The van der Waals surface area contributed by atoms with Gasteiger partial charge < -0.3 is 9.97 Å². The van der Waals surface area contributed by atoms with Crippen molar-refractivity contribution >= 4 is 0 Å². The molecule has 0 bridgehead atoms. The van der Waals surface area contributed by atoms with Gasteiger partial charge in [0.1, 0.15) is 0 Å². The molecule has 5 aromatic rings. The summed E-state index contributed by atoms with van der Waals surface area (Å²) in [5.41, 5.74) is 6.97. The maximum atomic E-state index is 7.23. The van der Waals surface area contributed by atoms with Gasteiger partial charge in [0.05, 0.1) is 5.69 Å². The predicted octanol–water partition coefficient (Wildman–Crippen LogP) is 6.77. The minimum absolute atomic E-state index is 0. The number of aryl methyl sites for hydroxylation is 2. The van der Waals surface area contributed by atoms with Gasteiger partial charge in [0.25, 0.3) is 0 Å². The number of aromatic nitrogens is 3. The van der Waals surface area contributed by atoms with Crippen LogP contribution in [0.5, 0.6) is 0 Å². The van der Waals surface area contributed by atoms with E-state index in [1.165, 1.54) is 6.20 Å². The van der Waals surface area contributed by atoms with Crippen LogP contribution in [0.25, 0.3) is 33.8 Å². The smallest absolute Gasteiger partial charge is 0.0518 e. The van der Waals surface area contributed by atoms with Crippen molar-refractivity contribution in [2.75, 3.05) is 0 Å². The van der Waals surface area contributed by atoms with Crippen LogP contribution in [0.4, 0.5) is 0 Å². The van der Waals surface area contributed by atoms with Gasteiger partial charge in [0.15, 0.2) is 0 Å². The molecule has 5 rings (SSSR count). The van der Waals surface area contributed by atoms with Gasteiger partial charge in [-0.1, -0.05) is 35.9 Å². The molecule has 0 fully saturated rings. The van der Waals surface area contributed by atoms with Gasteiger partial charge in [-0.15, -0.1) is 65.7 Å². The second kappa shape index (κ2) is 12.0. The van der Waals surface area contributed by atoms with Crippen molar-refractivity contribution in [3.8, 4) is 33.8 Å². The van der Waals surface area contributed by atoms with Crippen LogP contribution in [-0.4, -0.2) is 15.0 Å². The third-order valence-electron chi connectivity index (χ3n) is 4.70. The van der Waals surface area contributed by atoms with E-state index in [-0.39, 0.29) is 25.7 Å². The summed E-state index contributed by atoms with van der Waals surface area (Å²) in [6.07, 6.45) is 5.07. The number of hydrogen-bond acceptors (Lipinski definition) is 3. The first-order valence-corrected chi connectivity index (χ1v) is 10.2. The van der Waals surface area contributed by atoms with Crippen LogP contribution in [0.2, 0.25) is 0 Å². The molecule has 0 unspecified atom stereocenters. The Hall–Kier alpha value is -3.46. The number of hydrogen-bond donors (Lipinski definition) is 0. The summed E-state index contributed by atoms with van der Waals surface area (Å²) in [7, 11) is 0. The molecule has 165 valence electrons. The van der Waals surface area contributed by atoms with Gasteiger partial charge >= 0.3 is 0 Å². The van der Waals surface area contributed by atoms with Crippen molar-refractivity contribution in [3.63, 3.8) is 0 Å². The van der Waals surface area contributed by atoms with Gasteiger partial charge in [0.2, 0.25) is 0 Å². The normalized spacial score (nSPS) is 11.6. The fraction of sp³-hybridized carbons (Fsp3) is 0.0690. The average Bonchev–Trinajstić information content (AvgIpc) is 2.90. The van der Waals surface area contributed by atoms with E-state index in [4.69, 9.17) is 4.11 Å². The van der Waals surface area contributed by atoms with E-state index in [1.807, 2.05) is 67.7 Å². The molecular formula is C29H23IrN3-2. The molecule has 33 heavy (non-hydrogen) atoms. The summed E-state index contributed by atoms with van der Waals surface area (Å²) in [6.45, 7) is -0.0588. The molecule has 2 aromatic carbocycles. The van der Waals surface area contributed by atoms with E-state index in [1.54, 1.807) is 24.4 Å². The Bertz CT molecular complexity index is 1360. The van der Waals surface area contributed by atoms with Crippen molar-refractivity contribution in [1.82, 2.24) is 15.0 Å². The first kappa shape index (κ1) is 20.2. The Morgan fingerprint density at radius 2 is 1.39 bits per heavy atom. The van der Waals surface area contributed by atoms with Crippen molar-refractivity contribution < 1.29 is 24.2 Å². The van der Waals surface area contributed by atoms with Crippen molar-refractivity contribution in [3.05, 3.63) is 127 Å². The molecule has 0 spiro atoms. The number of benzene rings is 2. The molecule has 0 aliphatic rings. The molecular weight excluding hydrogens is 583 g/mol. The zero-order valence-electron chi connectivity index (χ0n) is 21.0. The standard InChI is InChI=1S/C17H13N2.C12H10N.Ir/c1-13-8-9-17(19-12-13)15-6-4-5-14(11-15)16-7-2-3-10-18-16;1-10-7-8-12(13-9-10)11-5-3-2-4-6-11;/h2-5,7-12H,1H3;2-5,7-9H,1H3;/q2*-1;/i;1D3;. The number of pyridine rings is 3. The fourth-order valence-electron chi connectivity index (χ4n) is 3.04. The minimum atomic E-state index is -2.09. The Kier molecular flexibility index (Phi) is 7.31. The van der Waals surface area contributed by atoms with Crippen molar-refractivity contribution in [2.45, 2.75) is 13.8 Å². The average molecular weight is 609 g/mol. The molecule has 3 heterocycles. The molecule has 3 aromatic heterocycles. The molecule has 0 amide bonds. The molecule has 3 nitrogen and oxygen atoms in total. The first-order chi connectivity index (χ1) is 16.9. The van der Waals surface area contributed by atoms with Crippen LogP contribution < -0.4 is 0 Å². The Morgan fingerprint density at radius 3 is 2.03 bits per heavy atom. The quantitative estimate of drug-likeness (QED) is 0.212. The van der Waals surface area contributed by atoms with Crippen LogP contribution >= 0.6 is 0 Å². The van der Waals surface area contributed by atoms with Crippen LogP contribution in [-0.2, 0) is 20.1 Å². The molecule has 0 atom stereocenters. The second-order valence-electron chi connectivity index (χ2n) is 7.14. The number of nitrogens with zero attached hydrogens (tertiary/aromatic N) is 3. The number of rotatable bonds is 3. The van der Waals surface area contributed by atoms with Crippen molar-refractivity contribution in [1.29, 1.82) is 0 Å². The van der Waals surface area contributed by atoms with Gasteiger partial charge in [-0.05, 0) is 48.4 Å². The van der Waals surface area contributed by atoms with E-state index >= 15 is 0 Å². The Balaban J connectivity index is 0.000000198. The monoisotopic (exact) mass is 609 g/mol. The molecule has 0 saturated heterocycles. The zero-order chi connectivity index (χ0) is 24.7. The fourth-order valence-corrected chi connectivity index (χ4v) is 3.04. The van der Waals surface area contributed by atoms with Crippen molar-refractivity contribution in [2.24, 2.45) is 0 Å². The molecule has 0 aliphatic heterocycles. The van der Waals surface area contributed by atoms with Gasteiger partial charge in [-0.2, -0.15) is 0 Å². The topological polar surface area (TPSA) is 38.7 Å². The van der Waals surface area contributed by atoms with Crippen LogP contribution in [0.15, 0.2) is 104 Å². The molecule has 4 heteroatoms. The zero-order valence-corrected chi connectivity index (χ0v) is 20.4. The predicted molar refractivity (Wildman–Crippen MR) is 130 cm³/mol. The summed E-state index contributed by atoms with van der Waals surface area (Å²) < 4.78 is 21.7. The summed E-state index contributed by atoms with van der Waals surface area (Å²) in [5.74, 6) is 0. The molecule has 1 radical (unpaired) electrons. The summed E-state index contributed by atoms with van der Waals surface area (Å²) in [6, 6.07) is 33.0. The van der Waals surface area contributed by atoms with E-state index in [0.29, 0.717) is 0 Å². The third-order valence-corrected chi connectivity index (χ3v) is 4.70. The van der Waals surface area contributed by atoms with E-state index < -0.39 is 6.85 Å². The van der Waals surface area contributed by atoms with E-state index in [9.17, 15) is 0 Å². The van der Waals surface area contributed by atoms with Crippen LogP contribution in [0.1, 0.15) is 15.2 Å². The van der Waals surface area contributed by atoms with Gasteiger partial charge in [-0.25, -0.2) is 0 Å². The summed E-state index contributed by atoms with van der Waals surface area (Å²) in [4.78, 5) is 12.9. The van der Waals surface area contributed by atoms with Gasteiger partial charge in [0, 0.05) is 42.8 Å². The minimum Gasteiger partial charge on any atom is -0.304 e. The summed E-state index contributed by atoms with van der Waals surface area (Å²) in [5, 5.41) is 0. The SMILES string of the molecule is Cc1ccc(-c2[c-]ccc(-c3ccccn3)c2)nc1.[2H]C([2H])([2H])c1ccc(-c2[c-]cccc2)nc1.[Ir]. The molecule has 0 aliphatic carbocycles. The van der Waals surface area contributed by atoms with E-state index in [0.717, 1.165) is 39.3 Å². The maximum absolute atomic E-state index is 7.23. The van der Waals surface area contributed by atoms with Crippen LogP contribution in [0.3, 0.4) is 0 Å². The van der Waals surface area contributed by atoms with E-state index in [2.05, 4.69) is 39.2 Å². The Labute approximate surface area is 213 Å². The summed E-state index contributed by atoms with van der Waals surface area (Å²) >= 11 is 0. The van der Waals surface area contributed by atoms with Crippen LogP contribution in [0, 0.1) is 25.9 Å². The first-order valence-electron chi connectivity index (χ1n) is 11.7. The largest absolute Gasteiger partial charge is 0.304 e. The molecule has 0 saturated carbocycles. The maximum Gasteiger partial charge on any atom is 0.0518 e. The van der Waals surface area contributed by atoms with Gasteiger partial charge in [-0.3, -0.25) is 4.98 Å². The molecule has 0 N–H and O–H groups in total. The second-order valence-corrected chi connectivity index (χ2v) is 7.14. The Morgan fingerprint density at radius 1 is 0.667 bits per heavy atom.